The molecular weight excluding hydrogens is 697 g/mol. The molecule has 306 valence electrons. The van der Waals surface area contributed by atoms with Gasteiger partial charge in [-0.2, -0.15) is 0 Å². The zero-order chi connectivity index (χ0) is 39.7. The van der Waals surface area contributed by atoms with Gasteiger partial charge in [0.15, 0.2) is 11.4 Å². The molecule has 3 unspecified atom stereocenters. The van der Waals surface area contributed by atoms with Crippen LogP contribution >= 0.6 is 0 Å². The highest BCUT2D eigenvalue weighted by molar-refractivity contribution is 5.91. The Labute approximate surface area is 337 Å². The van der Waals surface area contributed by atoms with Crippen LogP contribution < -0.4 is 4.74 Å². The first-order chi connectivity index (χ1) is 27.0. The summed E-state index contributed by atoms with van der Waals surface area (Å²) >= 11 is 0. The van der Waals surface area contributed by atoms with E-state index in [4.69, 9.17) is 15.9 Å². The maximum absolute atomic E-state index is 12.7. The Hall–Kier alpha value is -2.91. The topological polar surface area (TPSA) is 89.9 Å². The standard InChI is InChI=1S/C27H38O3.C23H32O3/c1-4-6-7-8-9-25(29)30-27(5-2)17-15-24-23-12-10-19-18-20(28)11-13-21(19)22(23)14-16-26(24,27)3;1-3-4-5-22(25)26-16-7-9-17-15(14-16)6-8-19-18(17)12-13-23(2)20(19)10-11-21(23)24/h2,18,21-24H,4,6-17H2,1,3H3;7,9,14,18-21,24H,3-6,8,10-13H2,1-2H3/t21-,22+,23+,24-,26-,27-;18?,19?,20?,21-,23-/m00/s1. The fraction of sp³-hybridized carbons (Fsp3) is 0.740. The molecule has 1 aromatic carbocycles. The first-order valence-corrected chi connectivity index (χ1v) is 22.9. The SMILES string of the molecule is C#C[C@]1(OC(=O)CCCCCC)CC[C@H]2[C@@H]3CCC4=CC(=O)CC[C@@H]4[C@H]3CC[C@@]21C.CCCCC(=O)Oc1ccc2c(c1)CCC1C2CC[C@@]2(C)C1CC[C@@H]2O. The minimum absolute atomic E-state index is 0.104. The van der Waals surface area contributed by atoms with Crippen molar-refractivity contribution in [3.8, 4) is 18.1 Å². The van der Waals surface area contributed by atoms with E-state index in [0.717, 1.165) is 96.3 Å². The van der Waals surface area contributed by atoms with Crippen molar-refractivity contribution in [3.05, 3.63) is 41.0 Å². The summed E-state index contributed by atoms with van der Waals surface area (Å²) in [5, 5.41) is 10.5. The zero-order valence-corrected chi connectivity index (χ0v) is 35.1. The van der Waals surface area contributed by atoms with Crippen LogP contribution in [0.5, 0.6) is 5.75 Å². The molecule has 0 heterocycles. The fourth-order valence-electron chi connectivity index (χ4n) is 13.7. The number of rotatable bonds is 10. The van der Waals surface area contributed by atoms with Gasteiger partial charge >= 0.3 is 11.9 Å². The number of hydrogen-bond acceptors (Lipinski definition) is 6. The summed E-state index contributed by atoms with van der Waals surface area (Å²) in [6.07, 6.45) is 29.9. The van der Waals surface area contributed by atoms with Crippen molar-refractivity contribution in [1.29, 1.82) is 0 Å². The third-order valence-electron chi connectivity index (χ3n) is 16.8. The molecule has 1 N–H and O–H groups in total. The number of allylic oxidation sites excluding steroid dienone is 1. The number of ketones is 1. The zero-order valence-electron chi connectivity index (χ0n) is 35.1. The molecule has 8 rings (SSSR count). The van der Waals surface area contributed by atoms with Crippen LogP contribution in [0.2, 0.25) is 0 Å². The van der Waals surface area contributed by atoms with Gasteiger partial charge < -0.3 is 14.6 Å². The number of aryl methyl sites for hydroxylation is 1. The van der Waals surface area contributed by atoms with Crippen LogP contribution in [0.15, 0.2) is 29.8 Å². The number of unbranched alkanes of at least 4 members (excludes halogenated alkanes) is 4. The number of carbonyl (C=O) groups excluding carboxylic acids is 3. The lowest BCUT2D eigenvalue weighted by Crippen LogP contribution is -2.53. The molecule has 0 spiro atoms. The van der Waals surface area contributed by atoms with Crippen molar-refractivity contribution in [3.63, 3.8) is 0 Å². The first-order valence-electron chi connectivity index (χ1n) is 22.9. The second-order valence-corrected chi connectivity index (χ2v) is 19.5. The highest BCUT2D eigenvalue weighted by atomic mass is 16.6. The third kappa shape index (κ3) is 7.69. The van der Waals surface area contributed by atoms with Gasteiger partial charge in [-0.15, -0.1) is 6.42 Å². The smallest absolute Gasteiger partial charge is 0.311 e. The van der Waals surface area contributed by atoms with Crippen molar-refractivity contribution < 1.29 is 29.0 Å². The Bertz CT molecular complexity index is 1690. The minimum atomic E-state index is -0.733. The normalized spacial score (nSPS) is 37.8. The molecule has 6 heteroatoms. The van der Waals surface area contributed by atoms with E-state index >= 15 is 0 Å². The van der Waals surface area contributed by atoms with Crippen LogP contribution in [0.3, 0.4) is 0 Å². The second-order valence-electron chi connectivity index (χ2n) is 19.5. The lowest BCUT2D eigenvalue weighted by Gasteiger charge is -2.55. The van der Waals surface area contributed by atoms with Gasteiger partial charge in [-0.25, -0.2) is 0 Å². The number of fused-ring (bicyclic) bond motifs is 10. The number of benzene rings is 1. The van der Waals surface area contributed by atoms with Gasteiger partial charge in [-0.1, -0.05) is 70.9 Å². The van der Waals surface area contributed by atoms with Crippen molar-refractivity contribution in [2.24, 2.45) is 46.3 Å². The maximum atomic E-state index is 12.7. The number of aliphatic hydroxyl groups excluding tert-OH is 1. The van der Waals surface area contributed by atoms with E-state index in [2.05, 4.69) is 45.7 Å². The van der Waals surface area contributed by atoms with Crippen LogP contribution in [-0.4, -0.2) is 34.5 Å². The Kier molecular flexibility index (Phi) is 12.6. The van der Waals surface area contributed by atoms with Crippen LogP contribution in [0.4, 0.5) is 0 Å². The molecule has 0 saturated heterocycles. The molecule has 0 radical (unpaired) electrons. The van der Waals surface area contributed by atoms with E-state index in [1.54, 1.807) is 0 Å². The van der Waals surface area contributed by atoms with Gasteiger partial charge in [0, 0.05) is 24.7 Å². The van der Waals surface area contributed by atoms with E-state index in [0.29, 0.717) is 72.2 Å². The van der Waals surface area contributed by atoms with Crippen molar-refractivity contribution in [2.75, 3.05) is 0 Å². The van der Waals surface area contributed by atoms with Gasteiger partial charge in [-0.3, -0.25) is 14.4 Å². The Morgan fingerprint density at radius 2 is 1.57 bits per heavy atom. The Morgan fingerprint density at radius 3 is 2.36 bits per heavy atom. The van der Waals surface area contributed by atoms with E-state index in [1.807, 2.05) is 12.1 Å². The van der Waals surface area contributed by atoms with Crippen molar-refractivity contribution in [1.82, 2.24) is 0 Å². The number of esters is 2. The summed E-state index contributed by atoms with van der Waals surface area (Å²) in [4.78, 5) is 36.5. The largest absolute Gasteiger partial charge is 0.445 e. The third-order valence-corrected chi connectivity index (χ3v) is 16.8. The number of aliphatic hydroxyl groups is 1. The number of hydrogen-bond donors (Lipinski definition) is 1. The van der Waals surface area contributed by atoms with E-state index < -0.39 is 5.60 Å². The van der Waals surface area contributed by atoms with Crippen molar-refractivity contribution in [2.45, 2.75) is 187 Å². The van der Waals surface area contributed by atoms with E-state index in [1.165, 1.54) is 42.4 Å². The average molecular weight is 767 g/mol. The quantitative estimate of drug-likeness (QED) is 0.110. The van der Waals surface area contributed by atoms with Gasteiger partial charge in [0.05, 0.1) is 6.10 Å². The van der Waals surface area contributed by atoms with Gasteiger partial charge in [0.1, 0.15) is 5.75 Å². The van der Waals surface area contributed by atoms with Crippen LogP contribution in [0.25, 0.3) is 0 Å². The summed E-state index contributed by atoms with van der Waals surface area (Å²) in [6.45, 7) is 8.89. The molecule has 1 aromatic rings. The lowest BCUT2D eigenvalue weighted by atomic mass is 9.50. The fourth-order valence-corrected chi connectivity index (χ4v) is 13.7. The lowest BCUT2D eigenvalue weighted by molar-refractivity contribution is -0.170. The Morgan fingerprint density at radius 1 is 0.786 bits per heavy atom. The molecule has 56 heavy (non-hydrogen) atoms. The van der Waals surface area contributed by atoms with Gasteiger partial charge in [0.25, 0.3) is 0 Å². The Balaban J connectivity index is 0.000000173. The van der Waals surface area contributed by atoms with Crippen LogP contribution in [0, 0.1) is 58.7 Å². The molecule has 0 aromatic heterocycles. The second kappa shape index (κ2) is 17.1. The molecule has 0 aliphatic heterocycles. The molecule has 7 aliphatic rings. The monoisotopic (exact) mass is 767 g/mol. The average Bonchev–Trinajstić information content (AvgIpc) is 3.67. The minimum Gasteiger partial charge on any atom is -0.445 e. The molecule has 5 fully saturated rings. The summed E-state index contributed by atoms with van der Waals surface area (Å²) in [7, 11) is 0. The summed E-state index contributed by atoms with van der Waals surface area (Å²) in [6, 6.07) is 6.30. The first kappa shape index (κ1) is 41.3. The highest BCUT2D eigenvalue weighted by Crippen LogP contribution is 2.66. The predicted octanol–water partition coefficient (Wildman–Crippen LogP) is 11.0. The highest BCUT2D eigenvalue weighted by Gasteiger charge is 2.64. The number of ether oxygens (including phenoxy) is 2. The van der Waals surface area contributed by atoms with Crippen LogP contribution in [-0.2, 0) is 25.5 Å². The van der Waals surface area contributed by atoms with Crippen LogP contribution in [0.1, 0.15) is 180 Å². The molecule has 5 saturated carbocycles. The molecule has 0 bridgehead atoms. The van der Waals surface area contributed by atoms with E-state index in [-0.39, 0.29) is 28.9 Å². The molecule has 7 aliphatic carbocycles. The summed E-state index contributed by atoms with van der Waals surface area (Å²) in [5.41, 5.74) is 3.53. The number of terminal acetylenes is 1. The number of carbonyl (C=O) groups is 3. The molecule has 6 nitrogen and oxygen atoms in total. The molecule has 11 atom stereocenters. The van der Waals surface area contributed by atoms with Gasteiger partial charge in [-0.05, 0) is 172 Å². The maximum Gasteiger partial charge on any atom is 0.311 e. The summed E-state index contributed by atoms with van der Waals surface area (Å²) < 4.78 is 11.7. The summed E-state index contributed by atoms with van der Waals surface area (Å²) in [5.74, 6) is 8.24. The molecular formula is C50H70O6. The van der Waals surface area contributed by atoms with Gasteiger partial charge in [0.2, 0.25) is 0 Å². The predicted molar refractivity (Wildman–Crippen MR) is 221 cm³/mol. The van der Waals surface area contributed by atoms with E-state index in [9.17, 15) is 19.5 Å². The van der Waals surface area contributed by atoms with Crippen molar-refractivity contribution >= 4 is 17.7 Å². The molecule has 0 amide bonds.